The van der Waals surface area contributed by atoms with Crippen LogP contribution in [0.3, 0.4) is 0 Å². The van der Waals surface area contributed by atoms with E-state index in [0.29, 0.717) is 86.2 Å². The van der Waals surface area contributed by atoms with Crippen molar-refractivity contribution in [3.8, 4) is 5.75 Å². The molecule has 1 saturated carbocycles. The minimum Gasteiger partial charge on any atom is -0.488 e. The van der Waals surface area contributed by atoms with Crippen molar-refractivity contribution in [1.82, 2.24) is 15.0 Å². The molecule has 2 atom stereocenters. The Kier molecular flexibility index (Phi) is 12.0. The van der Waals surface area contributed by atoms with Crippen LogP contribution >= 0.6 is 0 Å². The van der Waals surface area contributed by atoms with Gasteiger partial charge in [-0.15, -0.1) is 0 Å². The van der Waals surface area contributed by atoms with Gasteiger partial charge in [0, 0.05) is 48.7 Å². The van der Waals surface area contributed by atoms with E-state index in [9.17, 15) is 27.1 Å². The Labute approximate surface area is 327 Å². The normalized spacial score (nSPS) is 21.5. The minimum atomic E-state index is -4.59. The van der Waals surface area contributed by atoms with Crippen molar-refractivity contribution in [2.75, 3.05) is 31.2 Å². The van der Waals surface area contributed by atoms with Crippen LogP contribution in [0, 0.1) is 5.41 Å². The summed E-state index contributed by atoms with van der Waals surface area (Å²) in [5, 5.41) is 11.7. The fourth-order valence-electron chi connectivity index (χ4n) is 8.29. The van der Waals surface area contributed by atoms with E-state index in [1.807, 2.05) is 18.7 Å². The zero-order valence-electron chi connectivity index (χ0n) is 33.6. The third-order valence-electron chi connectivity index (χ3n) is 12.5. The van der Waals surface area contributed by atoms with E-state index < -0.39 is 44.2 Å². The summed E-state index contributed by atoms with van der Waals surface area (Å²) in [5.41, 5.74) is 1.20. The molecule has 308 valence electrons. The number of halogens is 6. The molecule has 0 bridgehead atoms. The SMILES string of the molecule is CC1(C)Cc2nc(C3CCN(c4ncc(OCCO[Si](C)(C)C(C)(C)C)cn4)CC3)c([C@@H](F)c3ccc(C(F)(F)F)cc3)c(C3CCC(F)(F)CC3)c2[C@@H](O)C1. The number of benzene rings is 1. The van der Waals surface area contributed by atoms with E-state index in [0.717, 1.165) is 24.3 Å². The van der Waals surface area contributed by atoms with Gasteiger partial charge in [0.1, 0.15) is 6.61 Å². The molecule has 3 aromatic rings. The lowest BCUT2D eigenvalue weighted by atomic mass is 9.68. The predicted molar refractivity (Wildman–Crippen MR) is 207 cm³/mol. The molecule has 56 heavy (non-hydrogen) atoms. The van der Waals surface area contributed by atoms with Gasteiger partial charge in [-0.2, -0.15) is 13.2 Å². The van der Waals surface area contributed by atoms with Crippen LogP contribution in [0.2, 0.25) is 18.1 Å². The molecule has 2 fully saturated rings. The van der Waals surface area contributed by atoms with E-state index >= 15 is 4.39 Å². The van der Waals surface area contributed by atoms with Crippen LogP contribution in [0.4, 0.5) is 32.3 Å². The van der Waals surface area contributed by atoms with Crippen molar-refractivity contribution in [3.05, 3.63) is 75.9 Å². The number of anilines is 1. The van der Waals surface area contributed by atoms with Crippen LogP contribution in [0.5, 0.6) is 5.75 Å². The lowest BCUT2D eigenvalue weighted by Gasteiger charge is -2.41. The highest BCUT2D eigenvalue weighted by molar-refractivity contribution is 6.74. The van der Waals surface area contributed by atoms with E-state index in [1.54, 1.807) is 12.4 Å². The highest BCUT2D eigenvalue weighted by Crippen LogP contribution is 2.52. The summed E-state index contributed by atoms with van der Waals surface area (Å²) in [7, 11) is -1.89. The molecule has 3 aliphatic rings. The summed E-state index contributed by atoms with van der Waals surface area (Å²) in [6, 6.07) is 4.01. The first kappa shape index (κ1) is 42.4. The first-order valence-electron chi connectivity index (χ1n) is 19.8. The summed E-state index contributed by atoms with van der Waals surface area (Å²) in [4.78, 5) is 16.3. The van der Waals surface area contributed by atoms with Crippen molar-refractivity contribution in [1.29, 1.82) is 0 Å². The molecule has 0 unspecified atom stereocenters. The van der Waals surface area contributed by atoms with Gasteiger partial charge in [0.25, 0.3) is 0 Å². The summed E-state index contributed by atoms with van der Waals surface area (Å²) in [6.07, 6.45) is -2.71. The number of aliphatic hydroxyl groups excluding tert-OH is 1. The second-order valence-corrected chi connectivity index (χ2v) is 23.1. The largest absolute Gasteiger partial charge is 0.488 e. The third kappa shape index (κ3) is 9.38. The summed E-state index contributed by atoms with van der Waals surface area (Å²) < 4.78 is 99.0. The Morgan fingerprint density at radius 1 is 0.911 bits per heavy atom. The van der Waals surface area contributed by atoms with E-state index in [2.05, 4.69) is 43.8 Å². The van der Waals surface area contributed by atoms with Gasteiger partial charge in [-0.3, -0.25) is 4.98 Å². The van der Waals surface area contributed by atoms with Gasteiger partial charge in [0.2, 0.25) is 11.9 Å². The number of aromatic nitrogens is 3. The Bertz CT molecular complexity index is 1810. The zero-order valence-corrected chi connectivity index (χ0v) is 34.6. The van der Waals surface area contributed by atoms with Gasteiger partial charge < -0.3 is 19.2 Å². The third-order valence-corrected chi connectivity index (χ3v) is 17.0. The van der Waals surface area contributed by atoms with Crippen molar-refractivity contribution in [2.24, 2.45) is 5.41 Å². The quantitative estimate of drug-likeness (QED) is 0.124. The van der Waals surface area contributed by atoms with Gasteiger partial charge in [0.05, 0.1) is 36.4 Å². The molecule has 0 amide bonds. The number of aliphatic hydroxyl groups is 1. The maximum Gasteiger partial charge on any atom is 0.416 e. The number of fused-ring (bicyclic) bond motifs is 1. The molecular formula is C42H56F6N4O3Si. The van der Waals surface area contributed by atoms with Gasteiger partial charge in [-0.05, 0) is 91.2 Å². The molecule has 14 heteroatoms. The highest BCUT2D eigenvalue weighted by atomic mass is 28.4. The monoisotopic (exact) mass is 806 g/mol. The van der Waals surface area contributed by atoms with Gasteiger partial charge >= 0.3 is 6.18 Å². The van der Waals surface area contributed by atoms with Crippen LogP contribution < -0.4 is 9.64 Å². The summed E-state index contributed by atoms with van der Waals surface area (Å²) in [5.74, 6) is -2.49. The molecular weight excluding hydrogens is 751 g/mol. The second kappa shape index (κ2) is 15.8. The first-order valence-corrected chi connectivity index (χ1v) is 22.7. The number of alkyl halides is 6. The smallest absolute Gasteiger partial charge is 0.416 e. The fraction of sp³-hybridized carbons (Fsp3) is 0.643. The van der Waals surface area contributed by atoms with Crippen molar-refractivity contribution >= 4 is 14.3 Å². The molecule has 1 N–H and O–H groups in total. The maximum absolute atomic E-state index is 17.3. The van der Waals surface area contributed by atoms with Gasteiger partial charge in [0.15, 0.2) is 20.2 Å². The Balaban J connectivity index is 1.28. The molecule has 1 saturated heterocycles. The first-order chi connectivity index (χ1) is 26.1. The second-order valence-electron chi connectivity index (χ2n) is 18.3. The summed E-state index contributed by atoms with van der Waals surface area (Å²) >= 11 is 0. The number of ether oxygens (including phenoxy) is 1. The number of nitrogens with zero attached hydrogens (tertiary/aromatic N) is 4. The standard InChI is InChI=1S/C42H56F6N4O3Si/c1-39(2,3)56(6,7)55-21-20-54-30-24-49-38(50-25-30)52-18-14-28(15-19-52)37-35(36(43)27-8-10-29(11-9-27)42(46,47)48)33(26-12-16-41(44,45)17-13-26)34-31(51-37)22-40(4,5)23-32(34)53/h8-11,24-26,28,32,36,53H,12-23H2,1-7H3/t32-,36-/m0/s1. The highest BCUT2D eigenvalue weighted by Gasteiger charge is 2.44. The maximum atomic E-state index is 17.3. The summed E-state index contributed by atoms with van der Waals surface area (Å²) in [6.45, 7) is 16.9. The molecule has 2 aliphatic carbocycles. The van der Waals surface area contributed by atoms with Crippen LogP contribution in [0.15, 0.2) is 36.7 Å². The van der Waals surface area contributed by atoms with Crippen molar-refractivity contribution < 1.29 is 40.6 Å². The van der Waals surface area contributed by atoms with Crippen LogP contribution in [0.25, 0.3) is 0 Å². The van der Waals surface area contributed by atoms with Crippen molar-refractivity contribution in [3.63, 3.8) is 0 Å². The molecule has 3 heterocycles. The molecule has 0 radical (unpaired) electrons. The molecule has 1 aromatic carbocycles. The van der Waals surface area contributed by atoms with Gasteiger partial charge in [-0.25, -0.2) is 23.1 Å². The Morgan fingerprint density at radius 2 is 1.52 bits per heavy atom. The van der Waals surface area contributed by atoms with E-state index in [1.165, 1.54) is 0 Å². The predicted octanol–water partition coefficient (Wildman–Crippen LogP) is 11.0. The topological polar surface area (TPSA) is 80.6 Å². The number of hydrogen-bond donors (Lipinski definition) is 1. The number of piperidine rings is 1. The molecule has 2 aromatic heterocycles. The molecule has 7 nitrogen and oxygen atoms in total. The minimum absolute atomic E-state index is 0.0220. The molecule has 1 aliphatic heterocycles. The zero-order chi connectivity index (χ0) is 40.8. The number of hydrogen-bond acceptors (Lipinski definition) is 7. The number of pyridine rings is 1. The number of rotatable bonds is 10. The lowest BCUT2D eigenvalue weighted by Crippen LogP contribution is -2.41. The average Bonchev–Trinajstić information content (AvgIpc) is 3.11. The molecule has 6 rings (SSSR count). The van der Waals surface area contributed by atoms with E-state index in [-0.39, 0.29) is 53.2 Å². The molecule has 0 spiro atoms. The Morgan fingerprint density at radius 3 is 2.09 bits per heavy atom. The van der Waals surface area contributed by atoms with E-state index in [4.69, 9.17) is 14.1 Å². The van der Waals surface area contributed by atoms with Crippen LogP contribution in [0.1, 0.15) is 143 Å². The average molecular weight is 807 g/mol. The fourth-order valence-corrected chi connectivity index (χ4v) is 9.32. The van der Waals surface area contributed by atoms with Crippen molar-refractivity contribution in [2.45, 2.75) is 140 Å². The lowest BCUT2D eigenvalue weighted by molar-refractivity contribution is -0.137. The van der Waals surface area contributed by atoms with Crippen LogP contribution in [-0.4, -0.2) is 60.6 Å². The van der Waals surface area contributed by atoms with Crippen LogP contribution in [-0.2, 0) is 17.0 Å². The Hall–Kier alpha value is -3.23. The van der Waals surface area contributed by atoms with Gasteiger partial charge in [-0.1, -0.05) is 46.8 Å².